The van der Waals surface area contributed by atoms with Gasteiger partial charge in [-0.3, -0.25) is 0 Å². The van der Waals surface area contributed by atoms with Crippen LogP contribution in [0.5, 0.6) is 23.1 Å². The summed E-state index contributed by atoms with van der Waals surface area (Å²) in [7, 11) is 3.17. The van der Waals surface area contributed by atoms with E-state index in [1.807, 2.05) is 42.5 Å². The second-order valence-corrected chi connectivity index (χ2v) is 6.41. The van der Waals surface area contributed by atoms with Crippen molar-refractivity contribution in [2.24, 2.45) is 10.7 Å². The highest BCUT2D eigenvalue weighted by Crippen LogP contribution is 2.29. The maximum atomic E-state index is 5.98. The van der Waals surface area contributed by atoms with Gasteiger partial charge in [-0.05, 0) is 29.8 Å². The average Bonchev–Trinajstić information content (AvgIpc) is 2.82. The molecule has 0 amide bonds. The van der Waals surface area contributed by atoms with E-state index in [-0.39, 0.29) is 5.96 Å². The fourth-order valence-electron chi connectivity index (χ4n) is 2.69. The van der Waals surface area contributed by atoms with E-state index in [4.69, 9.17) is 24.7 Å². The molecule has 162 valence electrons. The number of para-hydroxylation sites is 1. The minimum atomic E-state index is 0.283. The number of methoxy groups -OCH3 is 2. The minimum Gasteiger partial charge on any atom is -0.493 e. The fourth-order valence-corrected chi connectivity index (χ4v) is 2.69. The van der Waals surface area contributed by atoms with Gasteiger partial charge in [0.2, 0.25) is 5.88 Å². The molecule has 1 aromatic heterocycles. The smallest absolute Gasteiger partial charge is 0.213 e. The molecule has 0 spiro atoms. The van der Waals surface area contributed by atoms with Gasteiger partial charge in [-0.2, -0.15) is 0 Å². The molecule has 31 heavy (non-hydrogen) atoms. The number of ether oxygens (including phenoxy) is 4. The number of aliphatic imine (C=N–C) groups is 1. The lowest BCUT2D eigenvalue weighted by Crippen LogP contribution is -2.22. The Morgan fingerprint density at radius 1 is 0.935 bits per heavy atom. The summed E-state index contributed by atoms with van der Waals surface area (Å²) in [6, 6.07) is 18.7. The molecule has 8 nitrogen and oxygen atoms in total. The number of rotatable bonds is 10. The van der Waals surface area contributed by atoms with E-state index in [0.29, 0.717) is 37.1 Å². The zero-order valence-corrected chi connectivity index (χ0v) is 17.6. The number of pyridine rings is 1. The van der Waals surface area contributed by atoms with Crippen molar-refractivity contribution in [1.82, 2.24) is 4.98 Å². The van der Waals surface area contributed by atoms with Gasteiger partial charge in [0, 0.05) is 24.0 Å². The standard InChI is InChI=1S/C23H26N4O4/c1-28-20-10-9-18(14-21(20)29-2)27-23(24)26-16-17-8-11-22(25-15-17)31-13-12-30-19-6-4-3-5-7-19/h3-11,14-15H,12-13,16H2,1-2H3,(H3,24,26,27). The minimum absolute atomic E-state index is 0.283. The second kappa shape index (κ2) is 11.3. The van der Waals surface area contributed by atoms with Crippen LogP contribution in [0.2, 0.25) is 0 Å². The molecule has 0 aliphatic carbocycles. The van der Waals surface area contributed by atoms with Gasteiger partial charge < -0.3 is 30.0 Å². The Kier molecular flexibility index (Phi) is 7.93. The first-order chi connectivity index (χ1) is 15.2. The van der Waals surface area contributed by atoms with Crippen molar-refractivity contribution >= 4 is 11.6 Å². The molecule has 0 bridgehead atoms. The molecule has 0 atom stereocenters. The molecule has 3 N–H and O–H groups in total. The number of benzene rings is 2. The van der Waals surface area contributed by atoms with Crippen molar-refractivity contribution in [2.75, 3.05) is 32.8 Å². The predicted molar refractivity (Wildman–Crippen MR) is 120 cm³/mol. The van der Waals surface area contributed by atoms with E-state index in [2.05, 4.69) is 15.3 Å². The maximum absolute atomic E-state index is 5.98. The SMILES string of the molecule is COc1ccc(NC(N)=NCc2ccc(OCCOc3ccccc3)nc2)cc1OC. The van der Waals surface area contributed by atoms with Gasteiger partial charge in [0.15, 0.2) is 17.5 Å². The second-order valence-electron chi connectivity index (χ2n) is 6.41. The topological polar surface area (TPSA) is 100 Å². The molecule has 0 fully saturated rings. The van der Waals surface area contributed by atoms with Crippen molar-refractivity contribution < 1.29 is 18.9 Å². The first-order valence-electron chi connectivity index (χ1n) is 9.72. The summed E-state index contributed by atoms with van der Waals surface area (Å²) in [6.45, 7) is 1.23. The highest BCUT2D eigenvalue weighted by Gasteiger charge is 2.05. The van der Waals surface area contributed by atoms with E-state index in [1.54, 1.807) is 38.6 Å². The molecule has 3 rings (SSSR count). The molecule has 0 radical (unpaired) electrons. The first kappa shape index (κ1) is 21.8. The van der Waals surface area contributed by atoms with Gasteiger partial charge in [-0.15, -0.1) is 0 Å². The summed E-state index contributed by atoms with van der Waals surface area (Å²) < 4.78 is 21.7. The Morgan fingerprint density at radius 3 is 2.42 bits per heavy atom. The molecule has 8 heteroatoms. The van der Waals surface area contributed by atoms with Crippen molar-refractivity contribution in [3.05, 3.63) is 72.4 Å². The Hall–Kier alpha value is -3.94. The van der Waals surface area contributed by atoms with Gasteiger partial charge in [-0.1, -0.05) is 24.3 Å². The molecule has 0 unspecified atom stereocenters. The summed E-state index contributed by atoms with van der Waals surface area (Å²) in [5, 5.41) is 3.03. The molecule has 0 aliphatic rings. The lowest BCUT2D eigenvalue weighted by atomic mass is 10.2. The third-order valence-corrected chi connectivity index (χ3v) is 4.23. The van der Waals surface area contributed by atoms with Gasteiger partial charge in [0.05, 0.1) is 20.8 Å². The first-order valence-corrected chi connectivity index (χ1v) is 9.72. The largest absolute Gasteiger partial charge is 0.493 e. The lowest BCUT2D eigenvalue weighted by Gasteiger charge is -2.11. The van der Waals surface area contributed by atoms with Crippen molar-refractivity contribution in [2.45, 2.75) is 6.54 Å². The third kappa shape index (κ3) is 6.81. The quantitative estimate of drug-likeness (QED) is 0.293. The monoisotopic (exact) mass is 422 g/mol. The Morgan fingerprint density at radius 2 is 1.71 bits per heavy atom. The van der Waals surface area contributed by atoms with Crippen LogP contribution in [0.25, 0.3) is 0 Å². The van der Waals surface area contributed by atoms with Crippen LogP contribution in [0.3, 0.4) is 0 Å². The van der Waals surface area contributed by atoms with Crippen molar-refractivity contribution in [3.63, 3.8) is 0 Å². The van der Waals surface area contributed by atoms with Gasteiger partial charge in [0.25, 0.3) is 0 Å². The van der Waals surface area contributed by atoms with Crippen LogP contribution in [0.4, 0.5) is 5.69 Å². The predicted octanol–water partition coefficient (Wildman–Crippen LogP) is 3.48. The molecule has 3 aromatic rings. The van der Waals surface area contributed by atoms with Crippen LogP contribution in [-0.2, 0) is 6.54 Å². The number of nitrogens with zero attached hydrogens (tertiary/aromatic N) is 2. The normalized spacial score (nSPS) is 11.0. The molecular weight excluding hydrogens is 396 g/mol. The van der Waals surface area contributed by atoms with Crippen LogP contribution in [-0.4, -0.2) is 38.4 Å². The summed E-state index contributed by atoms with van der Waals surface area (Å²) >= 11 is 0. The fraction of sp³-hybridized carbons (Fsp3) is 0.217. The zero-order valence-electron chi connectivity index (χ0n) is 17.6. The van der Waals surface area contributed by atoms with E-state index in [0.717, 1.165) is 17.0 Å². The zero-order chi connectivity index (χ0) is 21.9. The third-order valence-electron chi connectivity index (χ3n) is 4.23. The average molecular weight is 422 g/mol. The number of guanidine groups is 1. The number of anilines is 1. The van der Waals surface area contributed by atoms with Crippen LogP contribution in [0.1, 0.15) is 5.56 Å². The van der Waals surface area contributed by atoms with Gasteiger partial charge in [0.1, 0.15) is 19.0 Å². The summed E-state index contributed by atoms with van der Waals surface area (Å²) in [5.41, 5.74) is 7.64. The Balaban J connectivity index is 1.45. The summed E-state index contributed by atoms with van der Waals surface area (Å²) in [6.07, 6.45) is 1.71. The maximum Gasteiger partial charge on any atom is 0.213 e. The highest BCUT2D eigenvalue weighted by molar-refractivity contribution is 5.92. The Bertz CT molecular complexity index is 979. The van der Waals surface area contributed by atoms with Crippen molar-refractivity contribution in [1.29, 1.82) is 0 Å². The van der Waals surface area contributed by atoms with E-state index in [9.17, 15) is 0 Å². The molecule has 2 aromatic carbocycles. The number of hydrogen-bond donors (Lipinski definition) is 2. The van der Waals surface area contributed by atoms with Gasteiger partial charge in [-0.25, -0.2) is 9.98 Å². The van der Waals surface area contributed by atoms with Crippen LogP contribution >= 0.6 is 0 Å². The summed E-state index contributed by atoms with van der Waals surface area (Å²) in [5.74, 6) is 2.87. The highest BCUT2D eigenvalue weighted by atomic mass is 16.5. The van der Waals surface area contributed by atoms with Crippen LogP contribution in [0, 0.1) is 0 Å². The van der Waals surface area contributed by atoms with E-state index in [1.165, 1.54) is 0 Å². The van der Waals surface area contributed by atoms with Crippen LogP contribution < -0.4 is 30.0 Å². The molecule has 0 aliphatic heterocycles. The summed E-state index contributed by atoms with van der Waals surface area (Å²) in [4.78, 5) is 8.63. The van der Waals surface area contributed by atoms with E-state index < -0.39 is 0 Å². The molecule has 0 saturated carbocycles. The Labute approximate surface area is 181 Å². The lowest BCUT2D eigenvalue weighted by molar-refractivity contribution is 0.212. The van der Waals surface area contributed by atoms with Crippen molar-refractivity contribution in [3.8, 4) is 23.1 Å². The van der Waals surface area contributed by atoms with E-state index >= 15 is 0 Å². The molecule has 1 heterocycles. The number of aromatic nitrogens is 1. The number of hydrogen-bond acceptors (Lipinski definition) is 6. The number of nitrogens with one attached hydrogen (secondary N) is 1. The molecule has 0 saturated heterocycles. The van der Waals surface area contributed by atoms with Gasteiger partial charge >= 0.3 is 0 Å². The number of nitrogens with two attached hydrogens (primary N) is 1. The van der Waals surface area contributed by atoms with Crippen LogP contribution in [0.15, 0.2) is 71.9 Å². The molecular formula is C23H26N4O4.